The van der Waals surface area contributed by atoms with Gasteiger partial charge in [0.15, 0.2) is 5.65 Å². The molecule has 3 aromatic heterocycles. The van der Waals surface area contributed by atoms with Crippen LogP contribution in [0.15, 0.2) is 58.5 Å². The number of nitrogens with one attached hydrogen (secondary N) is 1. The maximum atomic E-state index is 13.3. The Hall–Kier alpha value is -3.60. The fraction of sp³-hybridized carbons (Fsp3) is 0.400. The van der Waals surface area contributed by atoms with Gasteiger partial charge in [-0.25, -0.2) is 27.0 Å². The van der Waals surface area contributed by atoms with E-state index in [1.165, 1.54) is 29.1 Å². The topological polar surface area (TPSA) is 117 Å². The van der Waals surface area contributed by atoms with Crippen molar-refractivity contribution in [3.8, 4) is 0 Å². The molecule has 36 heavy (non-hydrogen) atoms. The number of carbonyl (C=O) groups excluding carboxylic acids is 1. The van der Waals surface area contributed by atoms with E-state index in [1.54, 1.807) is 35.9 Å². The molecule has 4 aromatic rings. The van der Waals surface area contributed by atoms with Crippen LogP contribution in [0.4, 0.5) is 4.79 Å². The predicted octanol–water partition coefficient (Wildman–Crippen LogP) is 3.55. The first-order valence-corrected chi connectivity index (χ1v) is 13.3. The zero-order chi connectivity index (χ0) is 25.8. The number of amides is 1. The fourth-order valence-corrected chi connectivity index (χ4v) is 6.26. The molecule has 2 atom stereocenters. The van der Waals surface area contributed by atoms with Crippen LogP contribution in [0.5, 0.6) is 0 Å². The summed E-state index contributed by atoms with van der Waals surface area (Å²) in [6, 6.07) is 9.55. The van der Waals surface area contributed by atoms with Gasteiger partial charge in [-0.2, -0.15) is 0 Å². The molecule has 5 rings (SSSR count). The van der Waals surface area contributed by atoms with Crippen LogP contribution in [-0.4, -0.2) is 44.2 Å². The van der Waals surface area contributed by atoms with Crippen molar-refractivity contribution in [3.63, 3.8) is 0 Å². The third-order valence-corrected chi connectivity index (χ3v) is 8.20. The number of fused-ring (bicyclic) bond motifs is 3. The number of ether oxygens (including phenoxy) is 1. The molecule has 1 amide bonds. The number of benzene rings is 1. The zero-order valence-electron chi connectivity index (χ0n) is 20.6. The van der Waals surface area contributed by atoms with E-state index in [1.807, 2.05) is 20.8 Å². The molecule has 0 radical (unpaired) electrons. The lowest BCUT2D eigenvalue weighted by Crippen LogP contribution is -2.38. The Morgan fingerprint density at radius 1 is 1.14 bits per heavy atom. The molecule has 0 unspecified atom stereocenters. The highest BCUT2D eigenvalue weighted by Gasteiger charge is 2.32. The Balaban J connectivity index is 1.55. The van der Waals surface area contributed by atoms with Crippen molar-refractivity contribution in [2.75, 3.05) is 0 Å². The number of hydrogen-bond donors (Lipinski definition) is 1. The van der Waals surface area contributed by atoms with Crippen molar-refractivity contribution < 1.29 is 17.9 Å². The number of pyridine rings is 1. The summed E-state index contributed by atoms with van der Waals surface area (Å²) in [7, 11) is -2.19. The Morgan fingerprint density at radius 3 is 2.56 bits per heavy atom. The molecule has 11 heteroatoms. The molecule has 0 bridgehead atoms. The Bertz CT molecular complexity index is 1630. The number of alkyl carbamates (subject to hydrolysis) is 1. The number of aryl methyl sites for hydroxylation is 1. The second kappa shape index (κ2) is 8.51. The van der Waals surface area contributed by atoms with E-state index in [4.69, 9.17) is 4.74 Å². The molecule has 1 N–H and O–H groups in total. The predicted molar refractivity (Wildman–Crippen MR) is 136 cm³/mol. The van der Waals surface area contributed by atoms with E-state index in [0.717, 1.165) is 3.97 Å². The van der Waals surface area contributed by atoms with Crippen molar-refractivity contribution in [1.29, 1.82) is 0 Å². The number of nitrogens with zero attached hydrogens (tertiary/aromatic N) is 4. The van der Waals surface area contributed by atoms with Gasteiger partial charge in [-0.3, -0.25) is 9.13 Å². The van der Waals surface area contributed by atoms with E-state index in [2.05, 4.69) is 10.3 Å². The van der Waals surface area contributed by atoms with Crippen molar-refractivity contribution in [3.05, 3.63) is 59.3 Å². The summed E-state index contributed by atoms with van der Waals surface area (Å²) >= 11 is 0. The lowest BCUT2D eigenvalue weighted by Gasteiger charge is -2.22. The standard InChI is InChI=1S/C25H29N5O5S/c1-25(2,3)35-23(31)27-16-10-11-17(14-16)30-21-19-12-13-29(36(33,34)18-8-6-5-7-9-18)22(19)26-15-20(21)28(4)24(30)32/h5-9,12-13,15-17H,10-11,14H2,1-4H3,(H,27,31)/t16-,17-/m1/s1. The van der Waals surface area contributed by atoms with Crippen LogP contribution in [0.1, 0.15) is 46.1 Å². The maximum Gasteiger partial charge on any atom is 0.407 e. The first kappa shape index (κ1) is 24.1. The smallest absolute Gasteiger partial charge is 0.407 e. The Labute approximate surface area is 208 Å². The minimum Gasteiger partial charge on any atom is -0.444 e. The van der Waals surface area contributed by atoms with Crippen molar-refractivity contribution in [2.24, 2.45) is 7.05 Å². The van der Waals surface area contributed by atoms with E-state index < -0.39 is 21.7 Å². The second-order valence-electron chi connectivity index (χ2n) is 10.2. The van der Waals surface area contributed by atoms with Gasteiger partial charge in [0.25, 0.3) is 10.0 Å². The summed E-state index contributed by atoms with van der Waals surface area (Å²) in [4.78, 5) is 30.2. The quantitative estimate of drug-likeness (QED) is 0.448. The lowest BCUT2D eigenvalue weighted by atomic mass is 10.2. The van der Waals surface area contributed by atoms with E-state index >= 15 is 0 Å². The van der Waals surface area contributed by atoms with Crippen LogP contribution in [0, 0.1) is 0 Å². The van der Waals surface area contributed by atoms with Gasteiger partial charge in [-0.1, -0.05) is 18.2 Å². The highest BCUT2D eigenvalue weighted by Crippen LogP contribution is 2.34. The van der Waals surface area contributed by atoms with Gasteiger partial charge >= 0.3 is 11.8 Å². The third kappa shape index (κ3) is 4.06. The molecule has 1 aliphatic carbocycles. The minimum absolute atomic E-state index is 0.132. The van der Waals surface area contributed by atoms with Crippen LogP contribution in [-0.2, 0) is 21.8 Å². The summed E-state index contributed by atoms with van der Waals surface area (Å²) in [6.07, 6.45) is 4.48. The Kier molecular flexibility index (Phi) is 5.70. The largest absolute Gasteiger partial charge is 0.444 e. The average molecular weight is 512 g/mol. The second-order valence-corrected chi connectivity index (χ2v) is 12.0. The molecule has 10 nitrogen and oxygen atoms in total. The van der Waals surface area contributed by atoms with Crippen LogP contribution >= 0.6 is 0 Å². The Morgan fingerprint density at radius 2 is 1.86 bits per heavy atom. The normalized spacial score (nSPS) is 18.7. The molecule has 190 valence electrons. The highest BCUT2D eigenvalue weighted by atomic mass is 32.2. The maximum absolute atomic E-state index is 13.3. The molecular formula is C25H29N5O5S. The summed E-state index contributed by atoms with van der Waals surface area (Å²) in [5.41, 5.74) is 0.705. The lowest BCUT2D eigenvalue weighted by molar-refractivity contribution is 0.0504. The molecule has 1 saturated carbocycles. The van der Waals surface area contributed by atoms with Gasteiger partial charge < -0.3 is 10.1 Å². The molecule has 1 fully saturated rings. The summed E-state index contributed by atoms with van der Waals surface area (Å²) in [5.74, 6) is 0. The molecule has 0 aliphatic heterocycles. The highest BCUT2D eigenvalue weighted by molar-refractivity contribution is 7.90. The fourth-order valence-electron chi connectivity index (χ4n) is 4.93. The SMILES string of the molecule is Cn1c(=O)n([C@@H]2CC[C@@H](NC(=O)OC(C)(C)C)C2)c2c3ccn(S(=O)(=O)c4ccccc4)c3ncc21. The van der Waals surface area contributed by atoms with Gasteiger partial charge in [0, 0.05) is 30.7 Å². The number of hydrogen-bond acceptors (Lipinski definition) is 6. The van der Waals surface area contributed by atoms with Gasteiger partial charge in [-0.15, -0.1) is 0 Å². The molecule has 3 heterocycles. The van der Waals surface area contributed by atoms with Crippen LogP contribution < -0.4 is 11.0 Å². The van der Waals surface area contributed by atoms with Crippen LogP contribution in [0.3, 0.4) is 0 Å². The molecule has 0 spiro atoms. The molecule has 0 saturated heterocycles. The molecular weight excluding hydrogens is 482 g/mol. The molecule has 1 aliphatic rings. The van der Waals surface area contributed by atoms with Gasteiger partial charge in [0.2, 0.25) is 0 Å². The first-order chi connectivity index (χ1) is 17.0. The first-order valence-electron chi connectivity index (χ1n) is 11.8. The van der Waals surface area contributed by atoms with E-state index in [9.17, 15) is 18.0 Å². The van der Waals surface area contributed by atoms with Crippen LogP contribution in [0.2, 0.25) is 0 Å². The number of aromatic nitrogens is 4. The van der Waals surface area contributed by atoms with Crippen molar-refractivity contribution in [2.45, 2.75) is 62.6 Å². The average Bonchev–Trinajstić information content (AvgIpc) is 3.50. The number of carbonyl (C=O) groups is 1. The van der Waals surface area contributed by atoms with E-state index in [-0.39, 0.29) is 28.3 Å². The molecule has 1 aromatic carbocycles. The van der Waals surface area contributed by atoms with Gasteiger partial charge in [0.1, 0.15) is 5.60 Å². The van der Waals surface area contributed by atoms with E-state index in [0.29, 0.717) is 35.7 Å². The minimum atomic E-state index is -3.86. The van der Waals surface area contributed by atoms with Gasteiger partial charge in [0.05, 0.1) is 22.1 Å². The summed E-state index contributed by atoms with van der Waals surface area (Å²) < 4.78 is 36.4. The number of rotatable bonds is 4. The third-order valence-electron chi connectivity index (χ3n) is 6.52. The van der Waals surface area contributed by atoms with Crippen molar-refractivity contribution in [1.82, 2.24) is 23.4 Å². The summed E-state index contributed by atoms with van der Waals surface area (Å²) in [5, 5.41) is 3.49. The zero-order valence-corrected chi connectivity index (χ0v) is 21.4. The van der Waals surface area contributed by atoms with Crippen LogP contribution in [0.25, 0.3) is 22.1 Å². The van der Waals surface area contributed by atoms with Gasteiger partial charge in [-0.05, 0) is 58.2 Å². The van der Waals surface area contributed by atoms with Crippen molar-refractivity contribution >= 4 is 38.2 Å². The number of imidazole rings is 1. The summed E-state index contributed by atoms with van der Waals surface area (Å²) in [6.45, 7) is 5.43. The monoisotopic (exact) mass is 511 g/mol.